The van der Waals surface area contributed by atoms with E-state index in [9.17, 15) is 9.59 Å². The molecule has 6 nitrogen and oxygen atoms in total. The maximum Gasteiger partial charge on any atom is 0.392 e. The van der Waals surface area contributed by atoms with Crippen LogP contribution in [0.15, 0.2) is 12.7 Å². The minimum absolute atomic E-state index is 0.0604. The fraction of sp³-hybridized carbons (Fsp3) is 0.692. The predicted molar refractivity (Wildman–Crippen MR) is 65.4 cm³/mol. The molecule has 6 heteroatoms. The molecule has 0 aromatic carbocycles. The number of hydrogen-bond donors (Lipinski definition) is 0. The molecule has 1 atom stereocenters. The summed E-state index contributed by atoms with van der Waals surface area (Å²) >= 11 is 0. The van der Waals surface area contributed by atoms with Crippen molar-refractivity contribution in [1.82, 2.24) is 0 Å². The van der Waals surface area contributed by atoms with Crippen LogP contribution in [-0.2, 0) is 29.1 Å². The zero-order chi connectivity index (χ0) is 14.9. The first-order chi connectivity index (χ1) is 8.57. The van der Waals surface area contributed by atoms with Crippen LogP contribution in [0.2, 0.25) is 0 Å². The van der Waals surface area contributed by atoms with E-state index in [4.69, 9.17) is 0 Å². The van der Waals surface area contributed by atoms with Crippen molar-refractivity contribution in [1.29, 1.82) is 0 Å². The molecule has 0 bridgehead atoms. The number of carbonyl (C=O) groups excluding carboxylic acids is 2. The molecule has 1 fully saturated rings. The third-order valence-corrected chi connectivity index (χ3v) is 3.83. The first kappa shape index (κ1) is 15.7. The molecule has 19 heavy (non-hydrogen) atoms. The Labute approximate surface area is 112 Å². The van der Waals surface area contributed by atoms with Crippen molar-refractivity contribution in [2.24, 2.45) is 10.8 Å². The molecule has 1 rings (SSSR count). The maximum absolute atomic E-state index is 12.0. The first-order valence-electron chi connectivity index (χ1n) is 5.94. The summed E-state index contributed by atoms with van der Waals surface area (Å²) in [6.45, 7) is 12.3. The van der Waals surface area contributed by atoms with Gasteiger partial charge in [-0.1, -0.05) is 19.9 Å². The van der Waals surface area contributed by atoms with Gasteiger partial charge in [0.25, 0.3) is 0 Å². The molecular weight excluding hydrogens is 252 g/mol. The Kier molecular flexibility index (Phi) is 4.07. The summed E-state index contributed by atoms with van der Waals surface area (Å²) in [5, 5.41) is 0. The Morgan fingerprint density at radius 3 is 2.16 bits per heavy atom. The first-order valence-corrected chi connectivity index (χ1v) is 5.94. The summed E-state index contributed by atoms with van der Waals surface area (Å²) < 4.78 is 0. The van der Waals surface area contributed by atoms with E-state index in [0.717, 1.165) is 0 Å². The van der Waals surface area contributed by atoms with Crippen LogP contribution in [0.4, 0.5) is 0 Å². The number of carbonyl (C=O) groups is 2. The van der Waals surface area contributed by atoms with Crippen molar-refractivity contribution in [3.8, 4) is 0 Å². The van der Waals surface area contributed by atoms with E-state index in [2.05, 4.69) is 26.1 Å². The third-order valence-electron chi connectivity index (χ3n) is 3.83. The molecule has 1 heterocycles. The molecule has 1 aliphatic rings. The van der Waals surface area contributed by atoms with Crippen LogP contribution in [0.1, 0.15) is 34.6 Å². The smallest absolute Gasteiger partial charge is 0.247 e. The van der Waals surface area contributed by atoms with E-state index >= 15 is 0 Å². The molecule has 0 aromatic heterocycles. The van der Waals surface area contributed by atoms with Gasteiger partial charge in [-0.15, -0.1) is 6.58 Å². The normalized spacial score (nSPS) is 23.2. The number of rotatable bonds is 4. The van der Waals surface area contributed by atoms with E-state index < -0.39 is 28.4 Å². The predicted octanol–water partition coefficient (Wildman–Crippen LogP) is 1.95. The molecule has 1 saturated heterocycles. The molecule has 0 radical (unpaired) electrons. The highest BCUT2D eigenvalue weighted by Gasteiger charge is 2.49. The fourth-order valence-electron chi connectivity index (χ4n) is 1.11. The SMILES string of the molecule is C=CC(C)(C)C(C)(C)C(=O)OOC(=O)C1(C)COO1. The van der Waals surface area contributed by atoms with Gasteiger partial charge in [0.05, 0.1) is 5.41 Å². The monoisotopic (exact) mass is 272 g/mol. The average molecular weight is 272 g/mol. The standard InChI is InChI=1S/C13H20O6/c1-7-11(2,3)12(4,5)9(14)17-18-10(15)13(6)8-16-19-13/h7H,1,8H2,2-6H3. The molecule has 0 saturated carbocycles. The van der Waals surface area contributed by atoms with Crippen molar-refractivity contribution in [2.75, 3.05) is 6.61 Å². The summed E-state index contributed by atoms with van der Waals surface area (Å²) in [4.78, 5) is 41.7. The number of hydrogen-bond acceptors (Lipinski definition) is 6. The Morgan fingerprint density at radius 2 is 1.79 bits per heavy atom. The Bertz CT molecular complexity index is 392. The third kappa shape index (κ3) is 2.79. The molecule has 108 valence electrons. The molecule has 0 spiro atoms. The van der Waals surface area contributed by atoms with Crippen LogP contribution in [0, 0.1) is 10.8 Å². The van der Waals surface area contributed by atoms with Gasteiger partial charge in [-0.2, -0.15) is 0 Å². The van der Waals surface area contributed by atoms with Crippen LogP contribution < -0.4 is 0 Å². The van der Waals surface area contributed by atoms with Crippen molar-refractivity contribution < 1.29 is 29.1 Å². The van der Waals surface area contributed by atoms with Gasteiger partial charge in [0.15, 0.2) is 0 Å². The van der Waals surface area contributed by atoms with Crippen LogP contribution in [0.5, 0.6) is 0 Å². The summed E-state index contributed by atoms with van der Waals surface area (Å²) in [5.74, 6) is -1.46. The zero-order valence-electron chi connectivity index (χ0n) is 11.9. The summed E-state index contributed by atoms with van der Waals surface area (Å²) in [7, 11) is 0. The van der Waals surface area contributed by atoms with Gasteiger partial charge in [0.2, 0.25) is 5.60 Å². The lowest BCUT2D eigenvalue weighted by atomic mass is 9.68. The van der Waals surface area contributed by atoms with Gasteiger partial charge in [0.1, 0.15) is 6.61 Å². The second kappa shape index (κ2) is 4.94. The summed E-state index contributed by atoms with van der Waals surface area (Å²) in [5.41, 5.74) is -2.62. The van der Waals surface area contributed by atoms with Gasteiger partial charge < -0.3 is 0 Å². The van der Waals surface area contributed by atoms with Crippen molar-refractivity contribution >= 4 is 11.9 Å². The zero-order valence-corrected chi connectivity index (χ0v) is 11.9. The van der Waals surface area contributed by atoms with Crippen LogP contribution >= 0.6 is 0 Å². The van der Waals surface area contributed by atoms with Gasteiger partial charge in [-0.3, -0.25) is 0 Å². The largest absolute Gasteiger partial charge is 0.392 e. The van der Waals surface area contributed by atoms with Crippen molar-refractivity contribution in [3.63, 3.8) is 0 Å². The molecular formula is C13H20O6. The van der Waals surface area contributed by atoms with Gasteiger partial charge in [-0.05, 0) is 26.2 Å². The summed E-state index contributed by atoms with van der Waals surface area (Å²) in [6, 6.07) is 0. The Hall–Kier alpha value is -1.40. The fourth-order valence-corrected chi connectivity index (χ4v) is 1.11. The van der Waals surface area contributed by atoms with Crippen LogP contribution in [0.25, 0.3) is 0 Å². The minimum atomic E-state index is -1.21. The Balaban J connectivity index is 2.60. The molecule has 0 aromatic rings. The lowest BCUT2D eigenvalue weighted by Crippen LogP contribution is -2.52. The lowest BCUT2D eigenvalue weighted by molar-refractivity contribution is -0.459. The van der Waals surface area contributed by atoms with E-state index in [1.54, 1.807) is 19.9 Å². The molecule has 1 aliphatic heterocycles. The quantitative estimate of drug-likeness (QED) is 0.442. The summed E-state index contributed by atoms with van der Waals surface area (Å²) in [6.07, 6.45) is 1.65. The van der Waals surface area contributed by atoms with Crippen molar-refractivity contribution in [3.05, 3.63) is 12.7 Å². The second-order valence-electron chi connectivity index (χ2n) is 5.87. The van der Waals surface area contributed by atoms with E-state index in [-0.39, 0.29) is 6.61 Å². The molecule has 0 aliphatic carbocycles. The van der Waals surface area contributed by atoms with E-state index in [1.807, 2.05) is 13.8 Å². The van der Waals surface area contributed by atoms with Gasteiger partial charge in [-0.25, -0.2) is 29.1 Å². The minimum Gasteiger partial charge on any atom is -0.247 e. The molecule has 1 unspecified atom stereocenters. The van der Waals surface area contributed by atoms with Gasteiger partial charge >= 0.3 is 11.9 Å². The number of allylic oxidation sites excluding steroid dienone is 1. The topological polar surface area (TPSA) is 71.1 Å². The highest BCUT2D eigenvalue weighted by molar-refractivity contribution is 5.81. The van der Waals surface area contributed by atoms with Crippen molar-refractivity contribution in [2.45, 2.75) is 40.2 Å². The molecule has 0 N–H and O–H groups in total. The average Bonchev–Trinajstić information content (AvgIpc) is 2.31. The Morgan fingerprint density at radius 1 is 1.26 bits per heavy atom. The lowest BCUT2D eigenvalue weighted by Gasteiger charge is -2.36. The van der Waals surface area contributed by atoms with E-state index in [0.29, 0.717) is 0 Å². The van der Waals surface area contributed by atoms with Crippen LogP contribution in [0.3, 0.4) is 0 Å². The maximum atomic E-state index is 12.0. The highest BCUT2D eigenvalue weighted by Crippen LogP contribution is 2.40. The highest BCUT2D eigenvalue weighted by atomic mass is 17.3. The second-order valence-corrected chi connectivity index (χ2v) is 5.87. The van der Waals surface area contributed by atoms with Gasteiger partial charge in [0, 0.05) is 0 Å². The van der Waals surface area contributed by atoms with Crippen LogP contribution in [-0.4, -0.2) is 24.1 Å². The molecule has 0 amide bonds. The van der Waals surface area contributed by atoms with E-state index in [1.165, 1.54) is 6.92 Å².